The van der Waals surface area contributed by atoms with Crippen LogP contribution in [0.5, 0.6) is 0 Å². The molecule has 0 unspecified atom stereocenters. The van der Waals surface area contributed by atoms with Crippen molar-refractivity contribution in [3.63, 3.8) is 0 Å². The molecular formula is C12H11ClN4O3. The van der Waals surface area contributed by atoms with E-state index in [1.54, 1.807) is 20.0 Å². The summed E-state index contributed by atoms with van der Waals surface area (Å²) >= 11 is 5.88. The topological polar surface area (TPSA) is 90.1 Å². The molecule has 0 bridgehead atoms. The van der Waals surface area contributed by atoms with Crippen LogP contribution in [0.4, 0.5) is 11.5 Å². The molecule has 7 nitrogen and oxygen atoms in total. The summed E-state index contributed by atoms with van der Waals surface area (Å²) in [5, 5.41) is 17.3. The van der Waals surface area contributed by atoms with Crippen molar-refractivity contribution in [3.05, 3.63) is 50.7 Å². The number of anilines is 1. The normalized spacial score (nSPS) is 10.3. The van der Waals surface area contributed by atoms with Crippen LogP contribution in [0.2, 0.25) is 5.02 Å². The molecule has 0 spiro atoms. The minimum absolute atomic E-state index is 0.0414. The van der Waals surface area contributed by atoms with Crippen LogP contribution in [0.3, 0.4) is 0 Å². The second kappa shape index (κ2) is 5.30. The molecule has 1 aromatic heterocycles. The van der Waals surface area contributed by atoms with Gasteiger partial charge in [-0.15, -0.1) is 0 Å². The van der Waals surface area contributed by atoms with Crippen LogP contribution in [0.1, 0.15) is 16.1 Å². The van der Waals surface area contributed by atoms with E-state index in [-0.39, 0.29) is 16.3 Å². The van der Waals surface area contributed by atoms with E-state index < -0.39 is 10.8 Å². The highest BCUT2D eigenvalue weighted by Gasteiger charge is 2.20. The third kappa shape index (κ3) is 2.62. The number of nitro groups is 1. The number of halogens is 1. The molecule has 1 N–H and O–H groups in total. The van der Waals surface area contributed by atoms with E-state index in [1.165, 1.54) is 22.9 Å². The first-order chi connectivity index (χ1) is 9.40. The highest BCUT2D eigenvalue weighted by Crippen LogP contribution is 2.28. The SMILES string of the molecule is Cc1cc(NC(=O)c2cccc([N+](=O)[O-])c2Cl)n(C)n1. The van der Waals surface area contributed by atoms with Crippen molar-refractivity contribution in [2.45, 2.75) is 6.92 Å². The average Bonchev–Trinajstić information content (AvgIpc) is 2.67. The minimum atomic E-state index is -0.632. The van der Waals surface area contributed by atoms with E-state index in [0.717, 1.165) is 5.69 Å². The summed E-state index contributed by atoms with van der Waals surface area (Å²) in [5.41, 5.74) is 0.480. The Morgan fingerprint density at radius 3 is 2.75 bits per heavy atom. The predicted molar refractivity (Wildman–Crippen MR) is 74.0 cm³/mol. The van der Waals surface area contributed by atoms with Crippen molar-refractivity contribution in [2.24, 2.45) is 7.05 Å². The van der Waals surface area contributed by atoms with Gasteiger partial charge in [0.05, 0.1) is 16.2 Å². The largest absolute Gasteiger partial charge is 0.307 e. The second-order valence-corrected chi connectivity index (χ2v) is 4.52. The van der Waals surface area contributed by atoms with E-state index in [1.807, 2.05) is 0 Å². The zero-order valence-electron chi connectivity index (χ0n) is 10.8. The van der Waals surface area contributed by atoms with Gasteiger partial charge in [0.2, 0.25) is 0 Å². The molecule has 0 saturated carbocycles. The molecule has 0 aliphatic heterocycles. The van der Waals surface area contributed by atoms with Crippen LogP contribution in [0, 0.1) is 17.0 Å². The zero-order chi connectivity index (χ0) is 14.9. The van der Waals surface area contributed by atoms with E-state index in [4.69, 9.17) is 11.6 Å². The standard InChI is InChI=1S/C12H11ClN4O3/c1-7-6-10(16(2)15-7)14-12(18)8-4-3-5-9(11(8)13)17(19)20/h3-6H,1-2H3,(H,14,18). The number of hydrogen-bond acceptors (Lipinski definition) is 4. The lowest BCUT2D eigenvalue weighted by Gasteiger charge is -2.06. The third-order valence-electron chi connectivity index (χ3n) is 2.66. The molecule has 20 heavy (non-hydrogen) atoms. The van der Waals surface area contributed by atoms with Crippen LogP contribution < -0.4 is 5.32 Å². The van der Waals surface area contributed by atoms with Gasteiger partial charge < -0.3 is 5.32 Å². The third-order valence-corrected chi connectivity index (χ3v) is 3.06. The monoisotopic (exact) mass is 294 g/mol. The van der Waals surface area contributed by atoms with Crippen molar-refractivity contribution in [3.8, 4) is 0 Å². The van der Waals surface area contributed by atoms with Gasteiger partial charge in [0.25, 0.3) is 11.6 Å². The number of aromatic nitrogens is 2. The maximum Gasteiger partial charge on any atom is 0.288 e. The fraction of sp³-hybridized carbons (Fsp3) is 0.167. The number of rotatable bonds is 3. The quantitative estimate of drug-likeness (QED) is 0.695. The first kappa shape index (κ1) is 14.0. The zero-order valence-corrected chi connectivity index (χ0v) is 11.5. The fourth-order valence-electron chi connectivity index (χ4n) is 1.75. The number of carbonyl (C=O) groups excluding carboxylic acids is 1. The summed E-state index contributed by atoms with van der Waals surface area (Å²) in [4.78, 5) is 22.3. The summed E-state index contributed by atoms with van der Waals surface area (Å²) in [7, 11) is 1.68. The number of carbonyl (C=O) groups is 1. The molecule has 2 aromatic rings. The van der Waals surface area contributed by atoms with Gasteiger partial charge in [0.1, 0.15) is 10.8 Å². The van der Waals surface area contributed by atoms with Gasteiger partial charge in [-0.2, -0.15) is 5.10 Å². The molecule has 8 heteroatoms. The maximum atomic E-state index is 12.1. The smallest absolute Gasteiger partial charge is 0.288 e. The number of aryl methyl sites for hydroxylation is 2. The Morgan fingerprint density at radius 2 is 2.20 bits per heavy atom. The number of nitrogens with one attached hydrogen (secondary N) is 1. The molecule has 0 fully saturated rings. The van der Waals surface area contributed by atoms with Crippen LogP contribution >= 0.6 is 11.6 Å². The molecule has 1 amide bonds. The van der Waals surface area contributed by atoms with Crippen LogP contribution in [0.15, 0.2) is 24.3 Å². The van der Waals surface area contributed by atoms with Crippen LogP contribution in [-0.4, -0.2) is 20.6 Å². The lowest BCUT2D eigenvalue weighted by Crippen LogP contribution is -2.15. The first-order valence-electron chi connectivity index (χ1n) is 5.65. The van der Waals surface area contributed by atoms with Crippen molar-refractivity contribution in [2.75, 3.05) is 5.32 Å². The number of nitro benzene ring substituents is 1. The Morgan fingerprint density at radius 1 is 1.50 bits per heavy atom. The molecule has 1 aromatic carbocycles. The maximum absolute atomic E-state index is 12.1. The molecule has 104 valence electrons. The Labute approximate surface area is 119 Å². The van der Waals surface area contributed by atoms with Crippen molar-refractivity contribution >= 4 is 29.0 Å². The molecule has 0 aliphatic rings. The van der Waals surface area contributed by atoms with E-state index >= 15 is 0 Å². The molecule has 0 aliphatic carbocycles. The van der Waals surface area contributed by atoms with Crippen molar-refractivity contribution in [1.82, 2.24) is 9.78 Å². The Balaban J connectivity index is 2.32. The van der Waals surface area contributed by atoms with Gasteiger partial charge in [-0.3, -0.25) is 19.6 Å². The molecular weight excluding hydrogens is 284 g/mol. The first-order valence-corrected chi connectivity index (χ1v) is 6.03. The van der Waals surface area contributed by atoms with Crippen molar-refractivity contribution in [1.29, 1.82) is 0 Å². The Hall–Kier alpha value is -2.41. The summed E-state index contributed by atoms with van der Waals surface area (Å²) in [5.74, 6) is -0.0447. The number of benzene rings is 1. The molecule has 1 heterocycles. The van der Waals surface area contributed by atoms with Crippen LogP contribution in [-0.2, 0) is 7.05 Å². The average molecular weight is 295 g/mol. The Bertz CT molecular complexity index is 696. The minimum Gasteiger partial charge on any atom is -0.307 e. The van der Waals surface area contributed by atoms with E-state index in [9.17, 15) is 14.9 Å². The van der Waals surface area contributed by atoms with Gasteiger partial charge in [0, 0.05) is 19.2 Å². The molecule has 0 radical (unpaired) electrons. The highest BCUT2D eigenvalue weighted by molar-refractivity contribution is 6.36. The summed E-state index contributed by atoms with van der Waals surface area (Å²) in [6.07, 6.45) is 0. The van der Waals surface area contributed by atoms with E-state index in [0.29, 0.717) is 5.82 Å². The lowest BCUT2D eigenvalue weighted by molar-refractivity contribution is -0.384. The van der Waals surface area contributed by atoms with Gasteiger partial charge in [-0.1, -0.05) is 17.7 Å². The Kier molecular flexibility index (Phi) is 3.71. The lowest BCUT2D eigenvalue weighted by atomic mass is 10.2. The van der Waals surface area contributed by atoms with E-state index in [2.05, 4.69) is 10.4 Å². The van der Waals surface area contributed by atoms with Crippen molar-refractivity contribution < 1.29 is 9.72 Å². The molecule has 2 rings (SSSR count). The summed E-state index contributed by atoms with van der Waals surface area (Å²) in [6, 6.07) is 5.76. The molecule has 0 saturated heterocycles. The number of amides is 1. The number of hydrogen-bond donors (Lipinski definition) is 1. The van der Waals surface area contributed by atoms with Gasteiger partial charge >= 0.3 is 0 Å². The van der Waals surface area contributed by atoms with Crippen LogP contribution in [0.25, 0.3) is 0 Å². The predicted octanol–water partition coefficient (Wildman–Crippen LogP) is 2.54. The van der Waals surface area contributed by atoms with Gasteiger partial charge in [0.15, 0.2) is 0 Å². The number of nitrogens with zero attached hydrogens (tertiary/aromatic N) is 3. The fourth-order valence-corrected chi connectivity index (χ4v) is 2.03. The summed E-state index contributed by atoms with van der Waals surface area (Å²) < 4.78 is 1.50. The second-order valence-electron chi connectivity index (χ2n) is 4.14. The molecule has 0 atom stereocenters. The highest BCUT2D eigenvalue weighted by atomic mass is 35.5. The van der Waals surface area contributed by atoms with Gasteiger partial charge in [-0.05, 0) is 13.0 Å². The van der Waals surface area contributed by atoms with Gasteiger partial charge in [-0.25, -0.2) is 0 Å². The summed E-state index contributed by atoms with van der Waals surface area (Å²) in [6.45, 7) is 1.79.